The first kappa shape index (κ1) is 16.8. The largest absolute Gasteiger partial charge is 0.460 e. The highest BCUT2D eigenvalue weighted by Gasteiger charge is 2.20. The molecular formula is C19H21ClN2O2. The average Bonchev–Trinajstić information content (AvgIpc) is 2.97. The molecular weight excluding hydrogens is 324 g/mol. The lowest BCUT2D eigenvalue weighted by Gasteiger charge is -2.20. The summed E-state index contributed by atoms with van der Waals surface area (Å²) in [5.41, 5.74) is 1.01. The van der Waals surface area contributed by atoms with E-state index in [0.29, 0.717) is 24.5 Å². The number of hydrogen-bond acceptors (Lipinski definition) is 3. The Kier molecular flexibility index (Phi) is 5.38. The van der Waals surface area contributed by atoms with Gasteiger partial charge in [-0.05, 0) is 36.4 Å². The maximum atomic E-state index is 12.0. The number of rotatable bonds is 5. The van der Waals surface area contributed by atoms with E-state index in [1.807, 2.05) is 41.3 Å². The summed E-state index contributed by atoms with van der Waals surface area (Å²) in [5.74, 6) is 1.93. The van der Waals surface area contributed by atoms with Crippen LogP contribution in [0.4, 0.5) is 0 Å². The van der Waals surface area contributed by atoms with E-state index in [1.165, 1.54) is 0 Å². The standard InChI is InChI=1S/C19H21ClN2O2/c1-2-10-22-13-12-21(11-9-19(22)23)14-17-7-8-18(24-17)15-3-5-16(20)6-4-15/h2-8H,1,9-14H2. The van der Waals surface area contributed by atoms with Crippen LogP contribution in [0.1, 0.15) is 12.2 Å². The van der Waals surface area contributed by atoms with Crippen molar-refractivity contribution in [1.29, 1.82) is 0 Å². The highest BCUT2D eigenvalue weighted by Crippen LogP contribution is 2.24. The summed E-state index contributed by atoms with van der Waals surface area (Å²) in [7, 11) is 0. The molecule has 5 heteroatoms. The third-order valence-corrected chi connectivity index (χ3v) is 4.45. The van der Waals surface area contributed by atoms with Crippen molar-refractivity contribution >= 4 is 17.5 Å². The summed E-state index contributed by atoms with van der Waals surface area (Å²) in [6.07, 6.45) is 2.32. The average molecular weight is 345 g/mol. The summed E-state index contributed by atoms with van der Waals surface area (Å²) in [5, 5.41) is 0.712. The Hall–Kier alpha value is -2.04. The van der Waals surface area contributed by atoms with Crippen LogP contribution < -0.4 is 0 Å². The molecule has 1 aromatic carbocycles. The second kappa shape index (κ2) is 7.69. The SMILES string of the molecule is C=CCN1CCN(Cc2ccc(-c3ccc(Cl)cc3)o2)CCC1=O. The molecule has 24 heavy (non-hydrogen) atoms. The molecule has 1 saturated heterocycles. The van der Waals surface area contributed by atoms with Crippen molar-refractivity contribution in [3.8, 4) is 11.3 Å². The monoisotopic (exact) mass is 344 g/mol. The number of benzene rings is 1. The minimum Gasteiger partial charge on any atom is -0.460 e. The van der Waals surface area contributed by atoms with E-state index in [0.717, 1.165) is 36.7 Å². The Morgan fingerprint density at radius 1 is 1.12 bits per heavy atom. The number of carbonyl (C=O) groups excluding carboxylic acids is 1. The van der Waals surface area contributed by atoms with Gasteiger partial charge in [0.05, 0.1) is 6.54 Å². The second-order valence-electron chi connectivity index (χ2n) is 5.93. The normalized spacial score (nSPS) is 16.2. The van der Waals surface area contributed by atoms with Crippen LogP contribution in [-0.4, -0.2) is 41.9 Å². The van der Waals surface area contributed by atoms with Gasteiger partial charge in [-0.1, -0.05) is 17.7 Å². The molecule has 2 heterocycles. The van der Waals surface area contributed by atoms with E-state index in [4.69, 9.17) is 16.0 Å². The summed E-state index contributed by atoms with van der Waals surface area (Å²) in [6.45, 7) is 7.37. The zero-order chi connectivity index (χ0) is 16.9. The third-order valence-electron chi connectivity index (χ3n) is 4.20. The highest BCUT2D eigenvalue weighted by molar-refractivity contribution is 6.30. The summed E-state index contributed by atoms with van der Waals surface area (Å²) < 4.78 is 5.95. The van der Waals surface area contributed by atoms with Crippen LogP contribution in [0, 0.1) is 0 Å². The van der Waals surface area contributed by atoms with Gasteiger partial charge in [-0.15, -0.1) is 6.58 Å². The maximum absolute atomic E-state index is 12.0. The molecule has 3 rings (SSSR count). The highest BCUT2D eigenvalue weighted by atomic mass is 35.5. The number of halogens is 1. The lowest BCUT2D eigenvalue weighted by molar-refractivity contribution is -0.129. The van der Waals surface area contributed by atoms with E-state index in [-0.39, 0.29) is 5.91 Å². The zero-order valence-electron chi connectivity index (χ0n) is 13.6. The topological polar surface area (TPSA) is 36.7 Å². The molecule has 1 amide bonds. The zero-order valence-corrected chi connectivity index (χ0v) is 14.3. The van der Waals surface area contributed by atoms with Crippen molar-refractivity contribution in [2.45, 2.75) is 13.0 Å². The van der Waals surface area contributed by atoms with E-state index in [2.05, 4.69) is 11.5 Å². The number of hydrogen-bond donors (Lipinski definition) is 0. The second-order valence-corrected chi connectivity index (χ2v) is 6.36. The fourth-order valence-electron chi connectivity index (χ4n) is 2.87. The van der Waals surface area contributed by atoms with Crippen LogP contribution in [-0.2, 0) is 11.3 Å². The van der Waals surface area contributed by atoms with Gasteiger partial charge in [0.1, 0.15) is 11.5 Å². The number of carbonyl (C=O) groups is 1. The fourth-order valence-corrected chi connectivity index (χ4v) is 3.00. The Morgan fingerprint density at radius 3 is 2.67 bits per heavy atom. The summed E-state index contributed by atoms with van der Waals surface area (Å²) in [4.78, 5) is 16.1. The summed E-state index contributed by atoms with van der Waals surface area (Å²) in [6, 6.07) is 11.6. The first-order valence-electron chi connectivity index (χ1n) is 8.11. The van der Waals surface area contributed by atoms with Crippen molar-refractivity contribution in [1.82, 2.24) is 9.80 Å². The van der Waals surface area contributed by atoms with E-state index < -0.39 is 0 Å². The quantitative estimate of drug-likeness (QED) is 0.774. The molecule has 0 N–H and O–H groups in total. The molecule has 126 valence electrons. The van der Waals surface area contributed by atoms with Crippen molar-refractivity contribution in [2.75, 3.05) is 26.2 Å². The van der Waals surface area contributed by atoms with Crippen LogP contribution in [0.5, 0.6) is 0 Å². The van der Waals surface area contributed by atoms with Gasteiger partial charge in [0.2, 0.25) is 5.91 Å². The molecule has 1 fully saturated rings. The molecule has 0 spiro atoms. The van der Waals surface area contributed by atoms with Crippen molar-refractivity contribution < 1.29 is 9.21 Å². The third kappa shape index (κ3) is 4.08. The van der Waals surface area contributed by atoms with Gasteiger partial charge in [0.25, 0.3) is 0 Å². The Labute approximate surface area is 147 Å². The number of amides is 1. The lowest BCUT2D eigenvalue weighted by Crippen LogP contribution is -2.33. The predicted octanol–water partition coefficient (Wildman–Crippen LogP) is 3.82. The van der Waals surface area contributed by atoms with Gasteiger partial charge in [0, 0.05) is 43.2 Å². The Morgan fingerprint density at radius 2 is 1.92 bits per heavy atom. The minimum absolute atomic E-state index is 0.193. The van der Waals surface area contributed by atoms with Crippen LogP contribution in [0.25, 0.3) is 11.3 Å². The van der Waals surface area contributed by atoms with Crippen molar-refractivity contribution in [3.05, 3.63) is 59.8 Å². The first-order chi connectivity index (χ1) is 11.7. The van der Waals surface area contributed by atoms with Gasteiger partial charge >= 0.3 is 0 Å². The van der Waals surface area contributed by atoms with Gasteiger partial charge in [-0.3, -0.25) is 9.69 Å². The van der Waals surface area contributed by atoms with Crippen LogP contribution in [0.15, 0.2) is 53.5 Å². The molecule has 4 nitrogen and oxygen atoms in total. The van der Waals surface area contributed by atoms with Crippen LogP contribution in [0.2, 0.25) is 5.02 Å². The van der Waals surface area contributed by atoms with Gasteiger partial charge < -0.3 is 9.32 Å². The Bertz CT molecular complexity index is 708. The number of nitrogens with zero attached hydrogens (tertiary/aromatic N) is 2. The van der Waals surface area contributed by atoms with E-state index in [1.54, 1.807) is 6.08 Å². The molecule has 2 aromatic rings. The summed E-state index contributed by atoms with van der Waals surface area (Å²) >= 11 is 5.92. The molecule has 0 atom stereocenters. The molecule has 1 aliphatic heterocycles. The molecule has 0 saturated carbocycles. The van der Waals surface area contributed by atoms with Gasteiger partial charge in [0.15, 0.2) is 0 Å². The molecule has 0 bridgehead atoms. The van der Waals surface area contributed by atoms with Crippen LogP contribution >= 0.6 is 11.6 Å². The first-order valence-corrected chi connectivity index (χ1v) is 8.49. The van der Waals surface area contributed by atoms with Gasteiger partial charge in [-0.2, -0.15) is 0 Å². The van der Waals surface area contributed by atoms with Crippen LogP contribution in [0.3, 0.4) is 0 Å². The van der Waals surface area contributed by atoms with E-state index >= 15 is 0 Å². The molecule has 0 unspecified atom stereocenters. The van der Waals surface area contributed by atoms with Gasteiger partial charge in [-0.25, -0.2) is 0 Å². The lowest BCUT2D eigenvalue weighted by atomic mass is 10.2. The smallest absolute Gasteiger partial charge is 0.224 e. The van der Waals surface area contributed by atoms with Crippen molar-refractivity contribution in [3.63, 3.8) is 0 Å². The maximum Gasteiger partial charge on any atom is 0.224 e. The molecule has 0 radical (unpaired) electrons. The van der Waals surface area contributed by atoms with E-state index in [9.17, 15) is 4.79 Å². The fraction of sp³-hybridized carbons (Fsp3) is 0.316. The molecule has 0 aliphatic carbocycles. The molecule has 1 aliphatic rings. The van der Waals surface area contributed by atoms with Crippen molar-refractivity contribution in [2.24, 2.45) is 0 Å². The minimum atomic E-state index is 0.193. The molecule has 1 aromatic heterocycles. The Balaban J connectivity index is 1.63. The number of furan rings is 1. The predicted molar refractivity (Wildman–Crippen MR) is 95.8 cm³/mol.